The lowest BCUT2D eigenvalue weighted by atomic mass is 9.89. The van der Waals surface area contributed by atoms with Crippen LogP contribution < -0.4 is 0 Å². The normalized spacial score (nSPS) is 16.1. The number of phenolic OH excluding ortho intramolecular Hbond substituents is 2. The molecule has 0 bridgehead atoms. The fourth-order valence-corrected chi connectivity index (χ4v) is 2.83. The third-order valence-corrected chi connectivity index (χ3v) is 4.00. The number of rotatable bonds is 2. The van der Waals surface area contributed by atoms with E-state index < -0.39 is 0 Å². The first-order valence-corrected chi connectivity index (χ1v) is 6.74. The molecule has 3 rings (SSSR count). The van der Waals surface area contributed by atoms with Crippen molar-refractivity contribution in [3.63, 3.8) is 0 Å². The van der Waals surface area contributed by atoms with Gasteiger partial charge in [0.15, 0.2) is 11.5 Å². The molecule has 1 heterocycles. The van der Waals surface area contributed by atoms with Crippen molar-refractivity contribution in [1.29, 1.82) is 0 Å². The summed E-state index contributed by atoms with van der Waals surface area (Å²) in [6.07, 6.45) is 4.60. The fourth-order valence-electron chi connectivity index (χ4n) is 2.83. The lowest BCUT2D eigenvalue weighted by Crippen LogP contribution is -2.05. The van der Waals surface area contributed by atoms with Crippen LogP contribution in [-0.2, 0) is 12.8 Å². The number of nitrogens with one attached hydrogen (secondary N) is 1. The first-order valence-electron chi connectivity index (χ1n) is 6.74. The van der Waals surface area contributed by atoms with E-state index in [1.54, 1.807) is 6.07 Å². The van der Waals surface area contributed by atoms with Gasteiger partial charge in [0, 0.05) is 11.6 Å². The lowest BCUT2D eigenvalue weighted by Gasteiger charge is -2.15. The van der Waals surface area contributed by atoms with Gasteiger partial charge in [-0.15, -0.1) is 0 Å². The van der Waals surface area contributed by atoms with E-state index in [2.05, 4.69) is 17.1 Å². The highest BCUT2D eigenvalue weighted by Crippen LogP contribution is 2.34. The molecule has 3 N–H and O–H groups in total. The average molecular weight is 258 g/mol. The summed E-state index contributed by atoms with van der Waals surface area (Å²) in [6, 6.07) is 4.98. The minimum Gasteiger partial charge on any atom is -0.504 e. The third-order valence-electron chi connectivity index (χ3n) is 4.00. The highest BCUT2D eigenvalue weighted by atomic mass is 16.3. The molecule has 4 heteroatoms. The Balaban J connectivity index is 1.97. The zero-order chi connectivity index (χ0) is 13.4. The zero-order valence-electron chi connectivity index (χ0n) is 11.0. The summed E-state index contributed by atoms with van der Waals surface area (Å²) in [6.45, 7) is 2.08. The molecule has 4 nitrogen and oxygen atoms in total. The molecule has 1 aromatic heterocycles. The van der Waals surface area contributed by atoms with E-state index in [1.165, 1.54) is 30.2 Å². The van der Waals surface area contributed by atoms with Gasteiger partial charge in [0.05, 0.1) is 5.69 Å². The van der Waals surface area contributed by atoms with E-state index in [1.807, 2.05) is 6.07 Å². The quantitative estimate of drug-likeness (QED) is 0.725. The Morgan fingerprint density at radius 3 is 2.74 bits per heavy atom. The van der Waals surface area contributed by atoms with E-state index in [0.717, 1.165) is 24.1 Å². The van der Waals surface area contributed by atoms with Crippen LogP contribution in [0.2, 0.25) is 0 Å². The largest absolute Gasteiger partial charge is 0.504 e. The molecule has 2 aromatic rings. The maximum Gasteiger partial charge on any atom is 0.157 e. The molecule has 0 radical (unpaired) electrons. The monoisotopic (exact) mass is 258 g/mol. The molecule has 1 aromatic carbocycles. The maximum absolute atomic E-state index is 9.61. The van der Waals surface area contributed by atoms with Crippen LogP contribution in [0.3, 0.4) is 0 Å². The number of nitrogens with zero attached hydrogens (tertiary/aromatic N) is 1. The molecule has 0 amide bonds. The molecule has 0 aliphatic heterocycles. The highest BCUT2D eigenvalue weighted by Gasteiger charge is 2.22. The topological polar surface area (TPSA) is 69.1 Å². The first kappa shape index (κ1) is 12.1. The number of fused-ring (bicyclic) bond motifs is 1. The summed E-state index contributed by atoms with van der Waals surface area (Å²) in [4.78, 5) is 0. The van der Waals surface area contributed by atoms with Gasteiger partial charge in [-0.1, -0.05) is 13.0 Å². The van der Waals surface area contributed by atoms with Crippen LogP contribution in [0.4, 0.5) is 0 Å². The second-order valence-electron chi connectivity index (χ2n) is 5.24. The maximum atomic E-state index is 9.61. The van der Waals surface area contributed by atoms with Crippen LogP contribution >= 0.6 is 0 Å². The van der Waals surface area contributed by atoms with Crippen molar-refractivity contribution >= 4 is 0 Å². The van der Waals surface area contributed by atoms with Crippen LogP contribution in [0.15, 0.2) is 18.2 Å². The molecule has 1 aliphatic carbocycles. The summed E-state index contributed by atoms with van der Waals surface area (Å²) in [7, 11) is 0. The fraction of sp³-hybridized carbons (Fsp3) is 0.400. The summed E-state index contributed by atoms with van der Waals surface area (Å²) >= 11 is 0. The zero-order valence-corrected chi connectivity index (χ0v) is 11.0. The first-order chi connectivity index (χ1) is 9.16. The number of aromatic amines is 1. The molecule has 0 fully saturated rings. The Hall–Kier alpha value is -1.97. The average Bonchev–Trinajstić information content (AvgIpc) is 2.85. The van der Waals surface area contributed by atoms with Gasteiger partial charge >= 0.3 is 0 Å². The number of H-pyrrole nitrogens is 1. The van der Waals surface area contributed by atoms with Crippen molar-refractivity contribution in [3.8, 4) is 11.5 Å². The number of hydrogen-bond donors (Lipinski definition) is 3. The standard InChI is InChI=1S/C15H18N2O2/c1-9(10-6-7-13(18)14(19)8-10)15-11-4-2-3-5-12(11)16-17-15/h6-9,18-19H,2-5H2,1H3,(H,16,17). The van der Waals surface area contributed by atoms with Crippen molar-refractivity contribution in [2.75, 3.05) is 0 Å². The molecular weight excluding hydrogens is 240 g/mol. The van der Waals surface area contributed by atoms with Gasteiger partial charge in [-0.2, -0.15) is 5.10 Å². The number of aromatic nitrogens is 2. The lowest BCUT2D eigenvalue weighted by molar-refractivity contribution is 0.403. The van der Waals surface area contributed by atoms with E-state index in [4.69, 9.17) is 0 Å². The Kier molecular flexibility index (Phi) is 2.93. The molecule has 19 heavy (non-hydrogen) atoms. The number of aryl methyl sites for hydroxylation is 1. The van der Waals surface area contributed by atoms with E-state index in [-0.39, 0.29) is 17.4 Å². The van der Waals surface area contributed by atoms with Gasteiger partial charge < -0.3 is 10.2 Å². The number of aromatic hydroxyl groups is 2. The summed E-state index contributed by atoms with van der Waals surface area (Å²) in [5.41, 5.74) is 4.64. The van der Waals surface area contributed by atoms with Crippen molar-refractivity contribution in [1.82, 2.24) is 10.2 Å². The summed E-state index contributed by atoms with van der Waals surface area (Å²) < 4.78 is 0. The van der Waals surface area contributed by atoms with Crippen LogP contribution in [0.5, 0.6) is 11.5 Å². The van der Waals surface area contributed by atoms with Crippen molar-refractivity contribution in [2.45, 2.75) is 38.5 Å². The predicted molar refractivity (Wildman–Crippen MR) is 72.5 cm³/mol. The van der Waals surface area contributed by atoms with E-state index >= 15 is 0 Å². The van der Waals surface area contributed by atoms with Gasteiger partial charge in [-0.25, -0.2) is 0 Å². The minimum absolute atomic E-state index is 0.0752. The second kappa shape index (κ2) is 4.61. The molecule has 1 atom stereocenters. The molecule has 100 valence electrons. The second-order valence-corrected chi connectivity index (χ2v) is 5.24. The summed E-state index contributed by atoms with van der Waals surface area (Å²) in [5.74, 6) is -0.0432. The Bertz CT molecular complexity index is 604. The van der Waals surface area contributed by atoms with Crippen molar-refractivity contribution in [2.24, 2.45) is 0 Å². The SMILES string of the molecule is CC(c1ccc(O)c(O)c1)c1n[nH]c2c1CCCC2. The van der Waals surface area contributed by atoms with Crippen LogP contribution in [0, 0.1) is 0 Å². The predicted octanol–water partition coefficient (Wildman–Crippen LogP) is 2.85. The highest BCUT2D eigenvalue weighted by molar-refractivity contribution is 5.44. The van der Waals surface area contributed by atoms with Crippen molar-refractivity contribution in [3.05, 3.63) is 40.7 Å². The van der Waals surface area contributed by atoms with Crippen LogP contribution in [0.1, 0.15) is 48.2 Å². The summed E-state index contributed by atoms with van der Waals surface area (Å²) in [5, 5.41) is 26.6. The Morgan fingerprint density at radius 2 is 1.95 bits per heavy atom. The molecule has 0 spiro atoms. The van der Waals surface area contributed by atoms with Gasteiger partial charge in [-0.3, -0.25) is 5.10 Å². The van der Waals surface area contributed by atoms with Crippen LogP contribution in [-0.4, -0.2) is 20.4 Å². The molecule has 0 saturated carbocycles. The van der Waals surface area contributed by atoms with Gasteiger partial charge in [-0.05, 0) is 48.9 Å². The van der Waals surface area contributed by atoms with E-state index in [9.17, 15) is 10.2 Å². The Morgan fingerprint density at radius 1 is 1.16 bits per heavy atom. The Labute approximate surface area is 112 Å². The molecule has 0 saturated heterocycles. The molecule has 1 aliphatic rings. The van der Waals surface area contributed by atoms with Gasteiger partial charge in [0.1, 0.15) is 0 Å². The number of benzene rings is 1. The minimum atomic E-state index is -0.0833. The molecular formula is C15H18N2O2. The third kappa shape index (κ3) is 2.07. The molecule has 1 unspecified atom stereocenters. The van der Waals surface area contributed by atoms with Crippen LogP contribution in [0.25, 0.3) is 0 Å². The van der Waals surface area contributed by atoms with Gasteiger partial charge in [0.25, 0.3) is 0 Å². The van der Waals surface area contributed by atoms with E-state index in [0.29, 0.717) is 0 Å². The number of phenols is 2. The number of hydrogen-bond acceptors (Lipinski definition) is 3. The smallest absolute Gasteiger partial charge is 0.157 e. The van der Waals surface area contributed by atoms with Gasteiger partial charge in [0.2, 0.25) is 0 Å². The van der Waals surface area contributed by atoms with Crippen molar-refractivity contribution < 1.29 is 10.2 Å².